The summed E-state index contributed by atoms with van der Waals surface area (Å²) in [6.07, 6.45) is 9.46. The topological polar surface area (TPSA) is 81.9 Å². The van der Waals surface area contributed by atoms with Crippen LogP contribution in [-0.2, 0) is 11.3 Å². The fourth-order valence-electron chi connectivity index (χ4n) is 3.51. The third-order valence-corrected chi connectivity index (χ3v) is 4.98. The first-order valence-corrected chi connectivity index (χ1v) is 9.39. The predicted molar refractivity (Wildman–Crippen MR) is 101 cm³/mol. The van der Waals surface area contributed by atoms with Crippen LogP contribution in [0.15, 0.2) is 49.2 Å². The monoisotopic (exact) mass is 365 g/mol. The highest BCUT2D eigenvalue weighted by atomic mass is 16.5. The van der Waals surface area contributed by atoms with Crippen LogP contribution in [0.3, 0.4) is 0 Å². The number of hydrogen-bond donors (Lipinski definition) is 1. The van der Waals surface area contributed by atoms with Crippen molar-refractivity contribution in [1.29, 1.82) is 0 Å². The van der Waals surface area contributed by atoms with Crippen molar-refractivity contribution in [2.75, 3.05) is 0 Å². The van der Waals surface area contributed by atoms with Gasteiger partial charge in [-0.05, 0) is 49.9 Å². The normalized spacial score (nSPS) is 19.7. The van der Waals surface area contributed by atoms with Crippen LogP contribution in [-0.4, -0.2) is 37.8 Å². The molecule has 0 atom stereocenters. The zero-order valence-electron chi connectivity index (χ0n) is 15.1. The summed E-state index contributed by atoms with van der Waals surface area (Å²) in [5, 5.41) is 11.7. The molecule has 0 saturated heterocycles. The minimum absolute atomic E-state index is 0.0788. The van der Waals surface area contributed by atoms with Gasteiger partial charge in [-0.3, -0.25) is 9.78 Å². The highest BCUT2D eigenvalue weighted by Gasteiger charge is 2.23. The summed E-state index contributed by atoms with van der Waals surface area (Å²) in [6, 6.07) is 10.2. The van der Waals surface area contributed by atoms with Crippen LogP contribution in [0.5, 0.6) is 5.75 Å². The summed E-state index contributed by atoms with van der Waals surface area (Å²) in [4.78, 5) is 16.4. The molecular weight excluding hydrogens is 342 g/mol. The molecule has 4 rings (SSSR count). The summed E-state index contributed by atoms with van der Waals surface area (Å²) < 4.78 is 7.96. The van der Waals surface area contributed by atoms with Gasteiger partial charge in [-0.1, -0.05) is 6.07 Å². The summed E-state index contributed by atoms with van der Waals surface area (Å²) in [6.45, 7) is 0.605. The molecule has 2 aromatic heterocycles. The van der Waals surface area contributed by atoms with Gasteiger partial charge < -0.3 is 14.6 Å². The van der Waals surface area contributed by atoms with Crippen molar-refractivity contribution in [2.45, 2.75) is 50.8 Å². The van der Waals surface area contributed by atoms with Crippen LogP contribution in [0.4, 0.5) is 0 Å². The van der Waals surface area contributed by atoms with E-state index >= 15 is 0 Å². The lowest BCUT2D eigenvalue weighted by atomic mass is 9.93. The molecule has 1 fully saturated rings. The Morgan fingerprint density at radius 2 is 1.96 bits per heavy atom. The number of aryl methyl sites for hydroxylation is 1. The largest absolute Gasteiger partial charge is 0.490 e. The fourth-order valence-corrected chi connectivity index (χ4v) is 3.51. The number of pyridine rings is 1. The highest BCUT2D eigenvalue weighted by Crippen LogP contribution is 2.26. The van der Waals surface area contributed by atoms with Crippen molar-refractivity contribution in [3.05, 3.63) is 49.2 Å². The van der Waals surface area contributed by atoms with E-state index in [4.69, 9.17) is 4.74 Å². The van der Waals surface area contributed by atoms with Gasteiger partial charge >= 0.3 is 0 Å². The minimum atomic E-state index is 0.0788. The summed E-state index contributed by atoms with van der Waals surface area (Å²) in [5.74, 6) is 0.965. The molecular formula is C20H23N5O2. The number of nitrogens with one attached hydrogen (secondary N) is 1. The molecule has 7 heteroatoms. The number of benzene rings is 1. The van der Waals surface area contributed by atoms with Crippen molar-refractivity contribution >= 4 is 16.8 Å². The van der Waals surface area contributed by atoms with Crippen LogP contribution < -0.4 is 10.1 Å². The van der Waals surface area contributed by atoms with Crippen LogP contribution in [0.2, 0.25) is 0 Å². The Labute approximate surface area is 157 Å². The van der Waals surface area contributed by atoms with E-state index in [0.29, 0.717) is 13.0 Å². The fraction of sp³-hybridized carbons (Fsp3) is 0.400. The molecule has 2 heterocycles. The molecule has 1 aliphatic rings. The molecule has 0 spiro atoms. The van der Waals surface area contributed by atoms with Gasteiger partial charge in [0.15, 0.2) is 0 Å². The van der Waals surface area contributed by atoms with Crippen LogP contribution in [0, 0.1) is 0 Å². The Hall–Kier alpha value is -2.96. The van der Waals surface area contributed by atoms with Gasteiger partial charge in [0.1, 0.15) is 18.4 Å². The van der Waals surface area contributed by atoms with Gasteiger partial charge in [-0.2, -0.15) is 0 Å². The van der Waals surface area contributed by atoms with E-state index in [-0.39, 0.29) is 18.1 Å². The van der Waals surface area contributed by atoms with Crippen LogP contribution in [0.1, 0.15) is 32.1 Å². The van der Waals surface area contributed by atoms with E-state index in [9.17, 15) is 4.79 Å². The third-order valence-electron chi connectivity index (χ3n) is 4.98. The van der Waals surface area contributed by atoms with Gasteiger partial charge in [0.2, 0.25) is 5.91 Å². The summed E-state index contributed by atoms with van der Waals surface area (Å²) in [7, 11) is 0. The first-order chi connectivity index (χ1) is 13.3. The lowest BCUT2D eigenvalue weighted by Crippen LogP contribution is -2.39. The van der Waals surface area contributed by atoms with E-state index in [1.165, 1.54) is 0 Å². The molecule has 140 valence electrons. The standard InChI is InChI=1S/C20H23N5O2/c26-20(9-11-25-13-22-23-14-25)24-16-3-5-17(6-4-16)27-18-7-8-19-15(12-18)2-1-10-21-19/h1-2,7-8,10,12-14,16-17H,3-6,9,11H2,(H,24,26). The maximum atomic E-state index is 12.1. The first-order valence-electron chi connectivity index (χ1n) is 9.39. The Bertz CT molecular complexity index is 888. The maximum absolute atomic E-state index is 12.1. The van der Waals surface area contributed by atoms with Gasteiger partial charge in [-0.15, -0.1) is 10.2 Å². The SMILES string of the molecule is O=C(CCn1cnnc1)NC1CCC(Oc2ccc3ncccc3c2)CC1. The maximum Gasteiger partial charge on any atom is 0.222 e. The van der Waals surface area contributed by atoms with Crippen LogP contribution in [0.25, 0.3) is 10.9 Å². The molecule has 27 heavy (non-hydrogen) atoms. The third kappa shape index (κ3) is 4.61. The first kappa shape index (κ1) is 17.5. The number of aromatic nitrogens is 4. The molecule has 1 saturated carbocycles. The number of amides is 1. The van der Waals surface area contributed by atoms with Crippen molar-refractivity contribution in [2.24, 2.45) is 0 Å². The molecule has 0 aliphatic heterocycles. The van der Waals surface area contributed by atoms with E-state index in [2.05, 4.69) is 20.5 Å². The van der Waals surface area contributed by atoms with Gasteiger partial charge in [0, 0.05) is 30.6 Å². The van der Waals surface area contributed by atoms with E-state index in [1.54, 1.807) is 18.9 Å². The molecule has 0 bridgehead atoms. The van der Waals surface area contributed by atoms with Crippen molar-refractivity contribution in [3.8, 4) is 5.75 Å². The lowest BCUT2D eigenvalue weighted by Gasteiger charge is -2.29. The van der Waals surface area contributed by atoms with E-state index in [1.807, 2.05) is 34.9 Å². The number of hydrogen-bond acceptors (Lipinski definition) is 5. The second kappa shape index (κ2) is 8.16. The average molecular weight is 365 g/mol. The van der Waals surface area contributed by atoms with Crippen molar-refractivity contribution in [1.82, 2.24) is 25.1 Å². The second-order valence-corrected chi connectivity index (χ2v) is 6.97. The number of carbonyl (C=O) groups is 1. The molecule has 0 radical (unpaired) electrons. The quantitative estimate of drug-likeness (QED) is 0.726. The van der Waals surface area contributed by atoms with E-state index in [0.717, 1.165) is 42.3 Å². The average Bonchev–Trinajstić information content (AvgIpc) is 3.22. The minimum Gasteiger partial charge on any atom is -0.490 e. The molecule has 3 aromatic rings. The van der Waals surface area contributed by atoms with Crippen LogP contribution >= 0.6 is 0 Å². The molecule has 1 N–H and O–H groups in total. The molecule has 1 amide bonds. The molecule has 1 aromatic carbocycles. The zero-order valence-corrected chi connectivity index (χ0v) is 15.1. The summed E-state index contributed by atoms with van der Waals surface area (Å²) in [5.41, 5.74) is 0.975. The molecule has 7 nitrogen and oxygen atoms in total. The number of carbonyl (C=O) groups excluding carboxylic acids is 1. The number of rotatable bonds is 6. The Morgan fingerprint density at radius 1 is 1.15 bits per heavy atom. The summed E-state index contributed by atoms with van der Waals surface area (Å²) >= 11 is 0. The van der Waals surface area contributed by atoms with Gasteiger partial charge in [-0.25, -0.2) is 0 Å². The number of fused-ring (bicyclic) bond motifs is 1. The Kier molecular flexibility index (Phi) is 5.27. The van der Waals surface area contributed by atoms with Gasteiger partial charge in [0.05, 0.1) is 11.6 Å². The van der Waals surface area contributed by atoms with E-state index < -0.39 is 0 Å². The number of ether oxygens (including phenoxy) is 1. The van der Waals surface area contributed by atoms with Crippen molar-refractivity contribution < 1.29 is 9.53 Å². The zero-order chi connectivity index (χ0) is 18.5. The Balaban J connectivity index is 1.23. The highest BCUT2D eigenvalue weighted by molar-refractivity contribution is 5.79. The Morgan fingerprint density at radius 3 is 2.78 bits per heavy atom. The second-order valence-electron chi connectivity index (χ2n) is 6.97. The smallest absolute Gasteiger partial charge is 0.222 e. The van der Waals surface area contributed by atoms with Gasteiger partial charge in [0.25, 0.3) is 0 Å². The predicted octanol–water partition coefficient (Wildman–Crippen LogP) is 2.72. The number of nitrogens with zero attached hydrogens (tertiary/aromatic N) is 4. The lowest BCUT2D eigenvalue weighted by molar-refractivity contribution is -0.122. The molecule has 0 unspecified atom stereocenters. The van der Waals surface area contributed by atoms with Crippen molar-refractivity contribution in [3.63, 3.8) is 0 Å². The molecule has 1 aliphatic carbocycles.